The van der Waals surface area contributed by atoms with E-state index in [1.54, 1.807) is 6.20 Å². The van der Waals surface area contributed by atoms with Gasteiger partial charge in [0.25, 0.3) is 0 Å². The number of hydrogen-bond donors (Lipinski definition) is 2. The smallest absolute Gasteiger partial charge is 0.137 e. The molecule has 7 heteroatoms. The quantitative estimate of drug-likeness (QED) is 0.577. The molecule has 0 bridgehead atoms. The highest BCUT2D eigenvalue weighted by Crippen LogP contribution is 2.18. The number of rotatable bonds is 9. The lowest BCUT2D eigenvalue weighted by molar-refractivity contribution is -0.118. The zero-order valence-electron chi connectivity index (χ0n) is 15.7. The van der Waals surface area contributed by atoms with Gasteiger partial charge in [-0.05, 0) is 49.2 Å². The first-order valence-corrected chi connectivity index (χ1v) is 9.56. The SMILES string of the molecule is Cc1cc(CCC(=O)Cc2ccc(NCCO)nc2)n(-c2cccc(Cl)c2)n1. The Kier molecular flexibility index (Phi) is 6.79. The summed E-state index contributed by atoms with van der Waals surface area (Å²) in [5.41, 5.74) is 3.64. The first kappa shape index (κ1) is 20.0. The molecule has 0 fully saturated rings. The average molecular weight is 399 g/mol. The molecule has 0 aliphatic heterocycles. The molecule has 2 aromatic heterocycles. The van der Waals surface area contributed by atoms with Gasteiger partial charge in [-0.3, -0.25) is 4.79 Å². The third-order valence-corrected chi connectivity index (χ3v) is 4.50. The summed E-state index contributed by atoms with van der Waals surface area (Å²) in [5, 5.41) is 17.0. The predicted octanol–water partition coefficient (Wildman–Crippen LogP) is 3.38. The normalized spacial score (nSPS) is 10.8. The molecule has 0 amide bonds. The second-order valence-electron chi connectivity index (χ2n) is 6.59. The number of aliphatic hydroxyl groups is 1. The molecule has 0 aliphatic rings. The van der Waals surface area contributed by atoms with Gasteiger partial charge in [-0.2, -0.15) is 5.10 Å². The van der Waals surface area contributed by atoms with Crippen molar-refractivity contribution in [3.63, 3.8) is 0 Å². The fraction of sp³-hybridized carbons (Fsp3) is 0.286. The van der Waals surface area contributed by atoms with E-state index in [4.69, 9.17) is 16.7 Å². The maximum Gasteiger partial charge on any atom is 0.137 e. The second kappa shape index (κ2) is 9.48. The van der Waals surface area contributed by atoms with Crippen LogP contribution >= 0.6 is 11.6 Å². The van der Waals surface area contributed by atoms with Gasteiger partial charge in [-0.1, -0.05) is 23.7 Å². The lowest BCUT2D eigenvalue weighted by Crippen LogP contribution is -2.09. The summed E-state index contributed by atoms with van der Waals surface area (Å²) in [5.74, 6) is 0.834. The molecule has 0 aliphatic carbocycles. The van der Waals surface area contributed by atoms with E-state index in [0.717, 1.165) is 22.6 Å². The number of hydrogen-bond acceptors (Lipinski definition) is 5. The van der Waals surface area contributed by atoms with E-state index in [1.165, 1.54) is 0 Å². The van der Waals surface area contributed by atoms with Gasteiger partial charge in [-0.25, -0.2) is 9.67 Å². The van der Waals surface area contributed by atoms with Crippen molar-refractivity contribution in [2.45, 2.75) is 26.2 Å². The number of halogens is 1. The lowest BCUT2D eigenvalue weighted by Gasteiger charge is -2.08. The van der Waals surface area contributed by atoms with Crippen molar-refractivity contribution in [1.82, 2.24) is 14.8 Å². The van der Waals surface area contributed by atoms with Gasteiger partial charge in [0, 0.05) is 36.3 Å². The minimum absolute atomic E-state index is 0.0488. The zero-order valence-corrected chi connectivity index (χ0v) is 16.5. The van der Waals surface area contributed by atoms with Crippen molar-refractivity contribution in [1.29, 1.82) is 0 Å². The maximum atomic E-state index is 12.4. The molecule has 6 nitrogen and oxygen atoms in total. The topological polar surface area (TPSA) is 80.0 Å². The van der Waals surface area contributed by atoms with Gasteiger partial charge in [0.1, 0.15) is 11.6 Å². The molecule has 2 heterocycles. The summed E-state index contributed by atoms with van der Waals surface area (Å²) in [4.78, 5) is 16.7. The van der Waals surface area contributed by atoms with Gasteiger partial charge < -0.3 is 10.4 Å². The number of ketones is 1. The number of anilines is 1. The molecule has 1 aromatic carbocycles. The Bertz CT molecular complexity index is 938. The number of benzene rings is 1. The Morgan fingerprint density at radius 2 is 2.11 bits per heavy atom. The van der Waals surface area contributed by atoms with Gasteiger partial charge >= 0.3 is 0 Å². The molecule has 146 valence electrons. The van der Waals surface area contributed by atoms with Crippen molar-refractivity contribution in [2.75, 3.05) is 18.5 Å². The number of aryl methyl sites for hydroxylation is 2. The largest absolute Gasteiger partial charge is 0.395 e. The summed E-state index contributed by atoms with van der Waals surface area (Å²) in [6.07, 6.45) is 3.07. The minimum Gasteiger partial charge on any atom is -0.395 e. The van der Waals surface area contributed by atoms with Crippen LogP contribution in [0.15, 0.2) is 48.7 Å². The van der Waals surface area contributed by atoms with Crippen LogP contribution in [-0.4, -0.2) is 38.8 Å². The van der Waals surface area contributed by atoms with Crippen LogP contribution < -0.4 is 5.32 Å². The van der Waals surface area contributed by atoms with Gasteiger partial charge in [0.05, 0.1) is 18.0 Å². The maximum absolute atomic E-state index is 12.4. The van der Waals surface area contributed by atoms with E-state index >= 15 is 0 Å². The van der Waals surface area contributed by atoms with Crippen LogP contribution in [0.3, 0.4) is 0 Å². The zero-order chi connectivity index (χ0) is 19.9. The van der Waals surface area contributed by atoms with Gasteiger partial charge in [0.15, 0.2) is 0 Å². The number of carbonyl (C=O) groups excluding carboxylic acids is 1. The van der Waals surface area contributed by atoms with E-state index in [9.17, 15) is 4.79 Å². The van der Waals surface area contributed by atoms with Crippen LogP contribution in [0.2, 0.25) is 5.02 Å². The van der Waals surface area contributed by atoms with E-state index in [-0.39, 0.29) is 12.4 Å². The van der Waals surface area contributed by atoms with Crippen molar-refractivity contribution in [3.05, 3.63) is 70.6 Å². The lowest BCUT2D eigenvalue weighted by atomic mass is 10.1. The van der Waals surface area contributed by atoms with Crippen LogP contribution in [-0.2, 0) is 17.6 Å². The Hall–Kier alpha value is -2.70. The molecule has 0 radical (unpaired) electrons. The Labute approximate surface area is 169 Å². The van der Waals surface area contributed by atoms with E-state index < -0.39 is 0 Å². The summed E-state index contributed by atoms with van der Waals surface area (Å²) >= 11 is 6.09. The number of Topliss-reactive ketones (excluding diaryl/α,β-unsaturated/α-hetero) is 1. The standard InChI is InChI=1S/C21H23ClN4O2/c1-15-11-19(26(25-15)18-4-2-3-17(22)13-18)6-7-20(28)12-16-5-8-21(24-14-16)23-9-10-27/h2-5,8,11,13-14,27H,6-7,9-10,12H2,1H3,(H,23,24). The molecule has 3 rings (SSSR count). The number of aromatic nitrogens is 3. The number of aliphatic hydroxyl groups excluding tert-OH is 1. The van der Waals surface area contributed by atoms with Crippen molar-refractivity contribution < 1.29 is 9.90 Å². The number of nitrogens with one attached hydrogen (secondary N) is 1. The molecule has 2 N–H and O–H groups in total. The number of carbonyl (C=O) groups is 1. The van der Waals surface area contributed by atoms with E-state index in [2.05, 4.69) is 15.4 Å². The predicted molar refractivity (Wildman–Crippen MR) is 110 cm³/mol. The Morgan fingerprint density at radius 1 is 1.25 bits per heavy atom. The summed E-state index contributed by atoms with van der Waals surface area (Å²) < 4.78 is 1.84. The van der Waals surface area contributed by atoms with Gasteiger partial charge in [0.2, 0.25) is 0 Å². The van der Waals surface area contributed by atoms with Crippen molar-refractivity contribution in [2.24, 2.45) is 0 Å². The second-order valence-corrected chi connectivity index (χ2v) is 7.02. The third kappa shape index (κ3) is 5.41. The van der Waals surface area contributed by atoms with Crippen LogP contribution in [0.5, 0.6) is 0 Å². The van der Waals surface area contributed by atoms with Crippen LogP contribution in [0, 0.1) is 6.92 Å². The van der Waals surface area contributed by atoms with E-state index in [1.807, 2.05) is 54.1 Å². The van der Waals surface area contributed by atoms with Gasteiger partial charge in [-0.15, -0.1) is 0 Å². The fourth-order valence-electron chi connectivity index (χ4n) is 2.96. The third-order valence-electron chi connectivity index (χ3n) is 4.26. The molecular weight excluding hydrogens is 376 g/mol. The van der Waals surface area contributed by atoms with Crippen molar-refractivity contribution in [3.8, 4) is 5.69 Å². The number of pyridine rings is 1. The Morgan fingerprint density at radius 3 is 2.82 bits per heavy atom. The number of nitrogens with zero attached hydrogens (tertiary/aromatic N) is 3. The minimum atomic E-state index is 0.0488. The first-order valence-electron chi connectivity index (χ1n) is 9.18. The molecular formula is C21H23ClN4O2. The molecule has 0 unspecified atom stereocenters. The molecule has 3 aromatic rings. The fourth-order valence-corrected chi connectivity index (χ4v) is 3.15. The molecule has 0 saturated carbocycles. The van der Waals surface area contributed by atoms with E-state index in [0.29, 0.717) is 36.6 Å². The molecule has 0 atom stereocenters. The average Bonchev–Trinajstić information content (AvgIpc) is 3.06. The molecule has 0 spiro atoms. The highest BCUT2D eigenvalue weighted by atomic mass is 35.5. The molecule has 0 saturated heterocycles. The van der Waals surface area contributed by atoms with Crippen LogP contribution in [0.1, 0.15) is 23.4 Å². The Balaban J connectivity index is 1.60. The van der Waals surface area contributed by atoms with Crippen LogP contribution in [0.25, 0.3) is 5.69 Å². The molecule has 28 heavy (non-hydrogen) atoms. The highest BCUT2D eigenvalue weighted by Gasteiger charge is 2.11. The summed E-state index contributed by atoms with van der Waals surface area (Å²) in [6.45, 7) is 2.43. The summed E-state index contributed by atoms with van der Waals surface area (Å²) in [7, 11) is 0. The first-order chi connectivity index (χ1) is 13.5. The monoisotopic (exact) mass is 398 g/mol. The van der Waals surface area contributed by atoms with Crippen LogP contribution in [0.4, 0.5) is 5.82 Å². The van der Waals surface area contributed by atoms with Crippen molar-refractivity contribution >= 4 is 23.2 Å². The summed E-state index contributed by atoms with van der Waals surface area (Å²) in [6, 6.07) is 13.2. The highest BCUT2D eigenvalue weighted by molar-refractivity contribution is 6.30.